The van der Waals surface area contributed by atoms with Crippen LogP contribution in [-0.4, -0.2) is 68.7 Å². The minimum absolute atomic E-state index is 0.0321. The quantitative estimate of drug-likeness (QED) is 0.136. The zero-order chi connectivity index (χ0) is 41.4. The van der Waals surface area contributed by atoms with Gasteiger partial charge in [-0.25, -0.2) is 18.6 Å². The number of halogens is 4. The van der Waals surface area contributed by atoms with E-state index < -0.39 is 17.6 Å². The van der Waals surface area contributed by atoms with Crippen LogP contribution in [0.2, 0.25) is 10.0 Å². The van der Waals surface area contributed by atoms with Crippen molar-refractivity contribution < 1.29 is 27.8 Å². The molecule has 58 heavy (non-hydrogen) atoms. The van der Waals surface area contributed by atoms with Crippen LogP contribution < -0.4 is 15.4 Å². The minimum atomic E-state index is -2.56. The van der Waals surface area contributed by atoms with E-state index in [0.717, 1.165) is 27.7 Å². The number of carbonyl (C=O) groups is 2. The molecule has 1 saturated carbocycles. The van der Waals surface area contributed by atoms with Gasteiger partial charge in [0.2, 0.25) is 11.8 Å². The highest BCUT2D eigenvalue weighted by molar-refractivity contribution is 6.39. The van der Waals surface area contributed by atoms with Crippen LogP contribution in [0.25, 0.3) is 44.7 Å². The smallest absolute Gasteiger partial charge is 0.410 e. The molecule has 10 nitrogen and oxygen atoms in total. The lowest BCUT2D eigenvalue weighted by atomic mass is 9.92. The molecule has 1 aliphatic carbocycles. The highest BCUT2D eigenvalue weighted by Gasteiger charge is 2.35. The predicted octanol–water partition coefficient (Wildman–Crippen LogP) is 9.97. The van der Waals surface area contributed by atoms with Gasteiger partial charge >= 0.3 is 6.09 Å². The summed E-state index contributed by atoms with van der Waals surface area (Å²) in [4.78, 5) is 36.5. The standard InChI is InChI=1S/C44H48Cl2F2N6O4/c1-43(2,3)58-42(56)54(25-30-11-14-37(55)51-30)24-27-10-9-26(21-36(27)57-5)40-39(46)33(17-20-49-40)32-7-6-8-34(38(32)45)35-13-12-31-28(23-53(4)41(31)52-35)22-50-29-15-18-44(47,48)19-16-29/h6-10,12-13,17,20-21,23,29-30,50H,11,14-16,18-19,22,24-25H2,1-5H3,(H,51,55)/t30-/m0/s1. The molecule has 2 fully saturated rings. The number of fused-ring (bicyclic) bond motifs is 1. The van der Waals surface area contributed by atoms with Crippen LogP contribution in [0.1, 0.15) is 70.4 Å². The topological polar surface area (TPSA) is 111 Å². The first-order valence-electron chi connectivity index (χ1n) is 19.5. The molecule has 3 aromatic heterocycles. The van der Waals surface area contributed by atoms with Gasteiger partial charge in [-0.2, -0.15) is 0 Å². The minimum Gasteiger partial charge on any atom is -0.496 e. The van der Waals surface area contributed by atoms with E-state index in [2.05, 4.69) is 15.6 Å². The van der Waals surface area contributed by atoms with Crippen LogP contribution in [0.5, 0.6) is 5.75 Å². The Hall–Kier alpha value is -4.78. The normalized spacial score (nSPS) is 17.1. The number of nitrogens with zero attached hydrogens (tertiary/aromatic N) is 4. The summed E-state index contributed by atoms with van der Waals surface area (Å²) in [6.07, 6.45) is 5.03. The average molecular weight is 834 g/mol. The number of nitrogens with one attached hydrogen (secondary N) is 2. The molecule has 0 radical (unpaired) electrons. The van der Waals surface area contributed by atoms with Crippen LogP contribution in [0.3, 0.4) is 0 Å². The maximum atomic E-state index is 13.7. The monoisotopic (exact) mass is 832 g/mol. The number of aromatic nitrogens is 3. The second-order valence-corrected chi connectivity index (χ2v) is 17.0. The molecule has 1 saturated heterocycles. The second-order valence-electron chi connectivity index (χ2n) is 16.2. The van der Waals surface area contributed by atoms with Crippen molar-refractivity contribution in [3.63, 3.8) is 0 Å². The number of ether oxygens (including phenoxy) is 2. The zero-order valence-electron chi connectivity index (χ0n) is 33.3. The second kappa shape index (κ2) is 16.8. The fraction of sp³-hybridized carbons (Fsp3) is 0.409. The first-order chi connectivity index (χ1) is 27.6. The molecule has 14 heteroatoms. The maximum absolute atomic E-state index is 13.7. The fourth-order valence-electron chi connectivity index (χ4n) is 7.75. The van der Waals surface area contributed by atoms with Crippen molar-refractivity contribution in [2.45, 2.75) is 96.0 Å². The number of rotatable bonds is 11. The Bertz CT molecular complexity index is 2340. The van der Waals surface area contributed by atoms with Gasteiger partial charge < -0.3 is 29.6 Å². The third kappa shape index (κ3) is 9.24. The molecule has 2 aromatic carbocycles. The van der Waals surface area contributed by atoms with E-state index in [9.17, 15) is 18.4 Å². The van der Waals surface area contributed by atoms with Crippen molar-refractivity contribution in [2.24, 2.45) is 7.05 Å². The lowest BCUT2D eigenvalue weighted by Gasteiger charge is -2.29. The summed E-state index contributed by atoms with van der Waals surface area (Å²) >= 11 is 14.3. The number of hydrogen-bond acceptors (Lipinski definition) is 7. The van der Waals surface area contributed by atoms with Gasteiger partial charge in [0.05, 0.1) is 35.1 Å². The molecule has 2 amide bonds. The predicted molar refractivity (Wildman–Crippen MR) is 223 cm³/mol. The zero-order valence-corrected chi connectivity index (χ0v) is 34.8. The Morgan fingerprint density at radius 2 is 1.76 bits per heavy atom. The van der Waals surface area contributed by atoms with Crippen molar-refractivity contribution >= 4 is 46.2 Å². The van der Waals surface area contributed by atoms with Crippen LogP contribution in [0, 0.1) is 0 Å². The van der Waals surface area contributed by atoms with E-state index in [4.69, 9.17) is 37.7 Å². The third-order valence-corrected chi connectivity index (χ3v) is 11.5. The van der Waals surface area contributed by atoms with Crippen molar-refractivity contribution in [1.29, 1.82) is 0 Å². The molecular formula is C44H48Cl2F2N6O4. The molecule has 4 heterocycles. The van der Waals surface area contributed by atoms with Gasteiger partial charge in [-0.15, -0.1) is 0 Å². The number of methoxy groups -OCH3 is 1. The van der Waals surface area contributed by atoms with Crippen LogP contribution in [0.4, 0.5) is 13.6 Å². The van der Waals surface area contributed by atoms with Crippen LogP contribution in [-0.2, 0) is 29.7 Å². The summed E-state index contributed by atoms with van der Waals surface area (Å²) in [5.41, 5.74) is 5.92. The number of hydrogen-bond donors (Lipinski definition) is 2. The molecule has 1 atom stereocenters. The number of carbonyl (C=O) groups excluding carboxylic acids is 2. The average Bonchev–Trinajstić information content (AvgIpc) is 3.74. The number of amides is 2. The molecule has 306 valence electrons. The van der Waals surface area contributed by atoms with Gasteiger partial charge in [0.1, 0.15) is 17.0 Å². The Kier molecular flexibility index (Phi) is 12.0. The Morgan fingerprint density at radius 3 is 2.47 bits per heavy atom. The van der Waals surface area contributed by atoms with Gasteiger partial charge in [-0.1, -0.05) is 53.5 Å². The molecule has 1 aliphatic heterocycles. The first-order valence-corrected chi connectivity index (χ1v) is 20.3. The maximum Gasteiger partial charge on any atom is 0.410 e. The van der Waals surface area contributed by atoms with Crippen molar-refractivity contribution in [2.75, 3.05) is 13.7 Å². The third-order valence-electron chi connectivity index (χ3n) is 10.8. The van der Waals surface area contributed by atoms with E-state index in [1.165, 1.54) is 0 Å². The van der Waals surface area contributed by atoms with E-state index in [-0.39, 0.29) is 37.4 Å². The summed E-state index contributed by atoms with van der Waals surface area (Å²) in [5, 5.41) is 8.27. The lowest BCUT2D eigenvalue weighted by molar-refractivity contribution is -0.119. The van der Waals surface area contributed by atoms with E-state index in [0.29, 0.717) is 82.6 Å². The number of alkyl halides is 2. The lowest BCUT2D eigenvalue weighted by Crippen LogP contribution is -2.43. The van der Waals surface area contributed by atoms with Crippen molar-refractivity contribution in [3.05, 3.63) is 88.2 Å². The first kappa shape index (κ1) is 41.4. The molecule has 7 rings (SSSR count). The Labute approximate surface area is 347 Å². The molecule has 2 aliphatic rings. The summed E-state index contributed by atoms with van der Waals surface area (Å²) in [6.45, 7) is 6.49. The molecule has 0 unspecified atom stereocenters. The van der Waals surface area contributed by atoms with Crippen molar-refractivity contribution in [3.8, 4) is 39.4 Å². The highest BCUT2D eigenvalue weighted by Crippen LogP contribution is 2.42. The van der Waals surface area contributed by atoms with E-state index >= 15 is 0 Å². The summed E-state index contributed by atoms with van der Waals surface area (Å²) in [5.74, 6) is -2.06. The summed E-state index contributed by atoms with van der Waals surface area (Å²) in [7, 11) is 3.51. The van der Waals surface area contributed by atoms with E-state index in [1.54, 1.807) is 18.2 Å². The van der Waals surface area contributed by atoms with Gasteiger partial charge in [0.25, 0.3) is 0 Å². The van der Waals surface area contributed by atoms with Gasteiger partial charge in [0, 0.05) is 97.1 Å². The molecular weight excluding hydrogens is 785 g/mol. The van der Waals surface area contributed by atoms with Gasteiger partial charge in [-0.3, -0.25) is 9.78 Å². The van der Waals surface area contributed by atoms with Crippen molar-refractivity contribution in [1.82, 2.24) is 30.1 Å². The van der Waals surface area contributed by atoms with Gasteiger partial charge in [0.15, 0.2) is 0 Å². The van der Waals surface area contributed by atoms with Crippen LogP contribution >= 0.6 is 23.2 Å². The number of benzene rings is 2. The molecule has 0 spiro atoms. The Morgan fingerprint density at radius 1 is 1.02 bits per heavy atom. The number of pyridine rings is 2. The molecule has 0 bridgehead atoms. The molecule has 2 N–H and O–H groups in total. The van der Waals surface area contributed by atoms with Crippen LogP contribution in [0.15, 0.2) is 67.0 Å². The Balaban J connectivity index is 1.13. The largest absolute Gasteiger partial charge is 0.496 e. The SMILES string of the molecule is COc1cc(-c2nccc(-c3cccc(-c4ccc5c(CNC6CCC(F)(F)CC6)cn(C)c5n4)c3Cl)c2Cl)ccc1CN(C[C@@H]1CCC(=O)N1)C(=O)OC(C)(C)C. The number of aryl methyl sites for hydroxylation is 1. The van der Waals surface area contributed by atoms with E-state index in [1.807, 2.05) is 93.2 Å². The molecule has 5 aromatic rings. The summed E-state index contributed by atoms with van der Waals surface area (Å²) in [6, 6.07) is 17.0. The fourth-order valence-corrected chi connectivity index (χ4v) is 8.40. The summed E-state index contributed by atoms with van der Waals surface area (Å²) < 4.78 is 40.9. The van der Waals surface area contributed by atoms with Gasteiger partial charge in [-0.05, 0) is 69.9 Å². The highest BCUT2D eigenvalue weighted by atomic mass is 35.5.